The Morgan fingerprint density at radius 3 is 2.57 bits per heavy atom. The molecule has 0 radical (unpaired) electrons. The Balaban J connectivity index is 1.62. The van der Waals surface area contributed by atoms with Crippen LogP contribution >= 0.6 is 11.3 Å². The topological polar surface area (TPSA) is 61.4 Å². The zero-order valence-corrected chi connectivity index (χ0v) is 18.8. The third kappa shape index (κ3) is 5.92. The summed E-state index contributed by atoms with van der Waals surface area (Å²) < 4.78 is 0. The predicted molar refractivity (Wildman–Crippen MR) is 124 cm³/mol. The summed E-state index contributed by atoms with van der Waals surface area (Å²) in [6.45, 7) is 6.69. The van der Waals surface area contributed by atoms with Crippen LogP contribution in [0.15, 0.2) is 41.1 Å². The first kappa shape index (κ1) is 22.5. The summed E-state index contributed by atoms with van der Waals surface area (Å²) in [7, 11) is 0. The summed E-state index contributed by atoms with van der Waals surface area (Å²) in [6, 6.07) is 9.52. The molecule has 0 saturated heterocycles. The summed E-state index contributed by atoms with van der Waals surface area (Å²) in [4.78, 5) is 27.7. The van der Waals surface area contributed by atoms with E-state index < -0.39 is 0 Å². The Morgan fingerprint density at radius 2 is 1.90 bits per heavy atom. The first-order chi connectivity index (χ1) is 14.6. The van der Waals surface area contributed by atoms with E-state index in [0.29, 0.717) is 17.8 Å². The molecule has 1 unspecified atom stereocenters. The molecule has 0 aliphatic heterocycles. The van der Waals surface area contributed by atoms with E-state index >= 15 is 0 Å². The van der Waals surface area contributed by atoms with Crippen molar-refractivity contribution in [3.05, 3.63) is 52.2 Å². The standard InChI is InChI=1S/C24H33N3O2S/c1-3-27(4-2)22(20-13-14-30-17-20)16-25-23(28)19-11-8-12-21(15-19)26-24(29)18-9-6-5-7-10-18/h8,11-15,17-18,22H,3-7,9-10,16H2,1-2H3,(H,25,28)(H,26,29). The van der Waals surface area contributed by atoms with Gasteiger partial charge in [0, 0.05) is 23.7 Å². The molecule has 1 atom stereocenters. The number of nitrogens with one attached hydrogen (secondary N) is 2. The molecule has 5 nitrogen and oxygen atoms in total. The van der Waals surface area contributed by atoms with Crippen LogP contribution in [0.4, 0.5) is 5.69 Å². The molecule has 1 aromatic heterocycles. The van der Waals surface area contributed by atoms with Crippen molar-refractivity contribution in [2.45, 2.75) is 52.0 Å². The molecule has 30 heavy (non-hydrogen) atoms. The minimum absolute atomic E-state index is 0.0753. The van der Waals surface area contributed by atoms with Crippen LogP contribution in [0.25, 0.3) is 0 Å². The van der Waals surface area contributed by atoms with Gasteiger partial charge in [-0.1, -0.05) is 39.2 Å². The molecule has 6 heteroatoms. The van der Waals surface area contributed by atoms with Crippen molar-refractivity contribution in [2.24, 2.45) is 5.92 Å². The van der Waals surface area contributed by atoms with Crippen molar-refractivity contribution in [3.63, 3.8) is 0 Å². The fourth-order valence-electron chi connectivity index (χ4n) is 4.23. The number of carbonyl (C=O) groups is 2. The number of amides is 2. The Labute approximate surface area is 183 Å². The Hall–Kier alpha value is -2.18. The lowest BCUT2D eigenvalue weighted by Crippen LogP contribution is -2.37. The molecule has 1 saturated carbocycles. The minimum atomic E-state index is -0.115. The van der Waals surface area contributed by atoms with Crippen LogP contribution in [0.5, 0.6) is 0 Å². The van der Waals surface area contributed by atoms with E-state index in [1.54, 1.807) is 23.5 Å². The number of carbonyl (C=O) groups excluding carboxylic acids is 2. The second-order valence-electron chi connectivity index (χ2n) is 7.91. The van der Waals surface area contributed by atoms with Gasteiger partial charge in [-0.05, 0) is 66.5 Å². The summed E-state index contributed by atoms with van der Waals surface area (Å²) in [5.74, 6) is 0.0548. The summed E-state index contributed by atoms with van der Waals surface area (Å²) in [5, 5.41) is 10.3. The molecule has 1 aromatic carbocycles. The van der Waals surface area contributed by atoms with Gasteiger partial charge in [0.25, 0.3) is 5.91 Å². The molecule has 1 aliphatic carbocycles. The van der Waals surface area contributed by atoms with Gasteiger partial charge in [0.2, 0.25) is 5.91 Å². The number of likely N-dealkylation sites (N-methyl/N-ethyl adjacent to an activating group) is 1. The van der Waals surface area contributed by atoms with Gasteiger partial charge in [-0.3, -0.25) is 14.5 Å². The monoisotopic (exact) mass is 427 g/mol. The second-order valence-corrected chi connectivity index (χ2v) is 8.69. The van der Waals surface area contributed by atoms with E-state index in [4.69, 9.17) is 0 Å². The summed E-state index contributed by atoms with van der Waals surface area (Å²) >= 11 is 1.68. The average molecular weight is 428 g/mol. The predicted octanol–water partition coefficient (Wildman–Crippen LogP) is 5.08. The molecule has 0 spiro atoms. The third-order valence-electron chi connectivity index (χ3n) is 6.01. The zero-order chi connectivity index (χ0) is 21.3. The van der Waals surface area contributed by atoms with Crippen LogP contribution in [0, 0.1) is 5.92 Å². The largest absolute Gasteiger partial charge is 0.350 e. The maximum atomic E-state index is 12.8. The van der Waals surface area contributed by atoms with Crippen LogP contribution in [-0.2, 0) is 4.79 Å². The van der Waals surface area contributed by atoms with Gasteiger partial charge in [-0.15, -0.1) is 0 Å². The smallest absolute Gasteiger partial charge is 0.251 e. The first-order valence-electron chi connectivity index (χ1n) is 11.1. The number of anilines is 1. The lowest BCUT2D eigenvalue weighted by molar-refractivity contribution is -0.120. The van der Waals surface area contributed by atoms with Gasteiger partial charge in [0.15, 0.2) is 0 Å². The van der Waals surface area contributed by atoms with E-state index in [2.05, 4.69) is 46.2 Å². The number of hydrogen-bond acceptors (Lipinski definition) is 4. The second kappa shape index (κ2) is 11.3. The molecule has 2 aromatic rings. The van der Waals surface area contributed by atoms with Crippen molar-refractivity contribution < 1.29 is 9.59 Å². The molecule has 3 rings (SSSR count). The van der Waals surface area contributed by atoms with Crippen molar-refractivity contribution in [1.82, 2.24) is 10.2 Å². The van der Waals surface area contributed by atoms with Crippen molar-refractivity contribution in [2.75, 3.05) is 25.0 Å². The van der Waals surface area contributed by atoms with Crippen molar-refractivity contribution >= 4 is 28.8 Å². The SMILES string of the molecule is CCN(CC)C(CNC(=O)c1cccc(NC(=O)C2CCCCC2)c1)c1ccsc1. The molecule has 162 valence electrons. The average Bonchev–Trinajstić information content (AvgIpc) is 3.32. The van der Waals surface area contributed by atoms with Gasteiger partial charge in [-0.2, -0.15) is 11.3 Å². The Morgan fingerprint density at radius 1 is 1.13 bits per heavy atom. The van der Waals surface area contributed by atoms with Crippen LogP contribution in [-0.4, -0.2) is 36.3 Å². The molecular weight excluding hydrogens is 394 g/mol. The summed E-state index contributed by atoms with van der Waals surface area (Å²) in [6.07, 6.45) is 5.39. The normalized spacial score (nSPS) is 15.7. The fraction of sp³-hybridized carbons (Fsp3) is 0.500. The number of hydrogen-bond donors (Lipinski definition) is 2. The van der Waals surface area contributed by atoms with E-state index in [9.17, 15) is 9.59 Å². The quantitative estimate of drug-likeness (QED) is 0.587. The number of benzene rings is 1. The number of rotatable bonds is 9. The fourth-order valence-corrected chi connectivity index (χ4v) is 4.93. The highest BCUT2D eigenvalue weighted by atomic mass is 32.1. The number of nitrogens with zero attached hydrogens (tertiary/aromatic N) is 1. The summed E-state index contributed by atoms with van der Waals surface area (Å²) in [5.41, 5.74) is 2.49. The van der Waals surface area contributed by atoms with Gasteiger partial charge >= 0.3 is 0 Å². The molecule has 2 amide bonds. The van der Waals surface area contributed by atoms with E-state index in [1.165, 1.54) is 12.0 Å². The molecular formula is C24H33N3O2S. The lowest BCUT2D eigenvalue weighted by Gasteiger charge is -2.29. The highest BCUT2D eigenvalue weighted by Crippen LogP contribution is 2.25. The van der Waals surface area contributed by atoms with Gasteiger partial charge < -0.3 is 10.6 Å². The number of thiophene rings is 1. The van der Waals surface area contributed by atoms with Crippen LogP contribution in [0.1, 0.15) is 67.9 Å². The van der Waals surface area contributed by atoms with Gasteiger partial charge in [0.1, 0.15) is 0 Å². The zero-order valence-electron chi connectivity index (χ0n) is 18.0. The van der Waals surface area contributed by atoms with E-state index in [1.807, 2.05) is 12.1 Å². The minimum Gasteiger partial charge on any atom is -0.350 e. The van der Waals surface area contributed by atoms with Gasteiger partial charge in [-0.25, -0.2) is 0 Å². The molecule has 1 heterocycles. The Kier molecular flexibility index (Phi) is 8.46. The van der Waals surface area contributed by atoms with E-state index in [0.717, 1.165) is 38.8 Å². The Bertz CT molecular complexity index is 812. The van der Waals surface area contributed by atoms with Crippen molar-refractivity contribution in [1.29, 1.82) is 0 Å². The van der Waals surface area contributed by atoms with Gasteiger partial charge in [0.05, 0.1) is 6.04 Å². The maximum absolute atomic E-state index is 12.8. The third-order valence-corrected chi connectivity index (χ3v) is 6.71. The molecule has 1 fully saturated rings. The first-order valence-corrected chi connectivity index (χ1v) is 12.0. The molecule has 2 N–H and O–H groups in total. The van der Waals surface area contributed by atoms with Crippen LogP contribution in [0.2, 0.25) is 0 Å². The van der Waals surface area contributed by atoms with E-state index in [-0.39, 0.29) is 23.8 Å². The molecule has 0 bridgehead atoms. The molecule has 1 aliphatic rings. The highest BCUT2D eigenvalue weighted by Gasteiger charge is 2.22. The maximum Gasteiger partial charge on any atom is 0.251 e. The highest BCUT2D eigenvalue weighted by molar-refractivity contribution is 7.08. The lowest BCUT2D eigenvalue weighted by atomic mass is 9.88. The van der Waals surface area contributed by atoms with Crippen molar-refractivity contribution in [3.8, 4) is 0 Å². The van der Waals surface area contributed by atoms with Crippen LogP contribution in [0.3, 0.4) is 0 Å². The van der Waals surface area contributed by atoms with Crippen LogP contribution < -0.4 is 10.6 Å².